The summed E-state index contributed by atoms with van der Waals surface area (Å²) in [5, 5.41) is 8.72. The summed E-state index contributed by atoms with van der Waals surface area (Å²) >= 11 is 0. The fourth-order valence-corrected chi connectivity index (χ4v) is 1.32. The molecule has 0 fully saturated rings. The summed E-state index contributed by atoms with van der Waals surface area (Å²) in [7, 11) is 0. The highest BCUT2D eigenvalue weighted by Crippen LogP contribution is 2.14. The van der Waals surface area contributed by atoms with Crippen LogP contribution < -0.4 is 4.74 Å². The zero-order valence-electron chi connectivity index (χ0n) is 9.24. The van der Waals surface area contributed by atoms with Crippen LogP contribution in [0, 0.1) is 0 Å². The normalized spacial score (nSPS) is 9.78. The van der Waals surface area contributed by atoms with E-state index < -0.39 is 11.9 Å². The fraction of sp³-hybridized carbons (Fsp3) is 0. The summed E-state index contributed by atoms with van der Waals surface area (Å²) in [4.78, 5) is 26.1. The fourth-order valence-electron chi connectivity index (χ4n) is 1.32. The van der Waals surface area contributed by atoms with Crippen molar-refractivity contribution < 1.29 is 19.4 Å². The number of carbonyl (C=O) groups is 2. The number of aromatic carboxylic acids is 1. The van der Waals surface area contributed by atoms with Crippen molar-refractivity contribution in [2.75, 3.05) is 0 Å². The Labute approximate surface area is 103 Å². The summed E-state index contributed by atoms with van der Waals surface area (Å²) in [6.07, 6.45) is 2.95. The Kier molecular flexibility index (Phi) is 3.33. The SMILES string of the molecule is O=C(O)c1ccc(OC(=O)c2cccnc2)cc1. The maximum absolute atomic E-state index is 11.7. The number of carbonyl (C=O) groups excluding carboxylic acids is 1. The number of carboxylic acids is 1. The number of esters is 1. The molecule has 0 saturated carbocycles. The topological polar surface area (TPSA) is 76.5 Å². The average Bonchev–Trinajstić information content (AvgIpc) is 2.40. The first-order valence-electron chi connectivity index (χ1n) is 5.12. The molecule has 0 unspecified atom stereocenters. The Hall–Kier alpha value is -2.69. The Balaban J connectivity index is 2.10. The molecule has 1 aromatic heterocycles. The molecule has 5 nitrogen and oxygen atoms in total. The Morgan fingerprint density at radius 3 is 2.33 bits per heavy atom. The van der Waals surface area contributed by atoms with E-state index >= 15 is 0 Å². The van der Waals surface area contributed by atoms with E-state index in [-0.39, 0.29) is 11.3 Å². The molecule has 0 aliphatic rings. The van der Waals surface area contributed by atoms with Crippen LogP contribution in [-0.4, -0.2) is 22.0 Å². The van der Waals surface area contributed by atoms with E-state index in [2.05, 4.69) is 4.98 Å². The molecule has 18 heavy (non-hydrogen) atoms. The van der Waals surface area contributed by atoms with Gasteiger partial charge in [0.05, 0.1) is 11.1 Å². The van der Waals surface area contributed by atoms with Crippen molar-refractivity contribution in [1.82, 2.24) is 4.98 Å². The second kappa shape index (κ2) is 5.09. The van der Waals surface area contributed by atoms with Crippen LogP contribution in [0.1, 0.15) is 20.7 Å². The maximum atomic E-state index is 11.7. The lowest BCUT2D eigenvalue weighted by molar-refractivity contribution is 0.0696. The van der Waals surface area contributed by atoms with Crippen LogP contribution >= 0.6 is 0 Å². The molecule has 2 aromatic rings. The second-order valence-electron chi connectivity index (χ2n) is 3.46. The zero-order chi connectivity index (χ0) is 13.0. The van der Waals surface area contributed by atoms with E-state index in [1.807, 2.05) is 0 Å². The van der Waals surface area contributed by atoms with E-state index in [0.29, 0.717) is 5.56 Å². The van der Waals surface area contributed by atoms with Gasteiger partial charge >= 0.3 is 11.9 Å². The number of hydrogen-bond acceptors (Lipinski definition) is 4. The third-order valence-electron chi connectivity index (χ3n) is 2.21. The molecule has 90 valence electrons. The van der Waals surface area contributed by atoms with Crippen molar-refractivity contribution in [2.45, 2.75) is 0 Å². The molecule has 0 amide bonds. The molecule has 2 rings (SSSR count). The Morgan fingerprint density at radius 1 is 1.06 bits per heavy atom. The van der Waals surface area contributed by atoms with E-state index in [4.69, 9.17) is 9.84 Å². The van der Waals surface area contributed by atoms with Gasteiger partial charge in [0.15, 0.2) is 0 Å². The van der Waals surface area contributed by atoms with Gasteiger partial charge in [0.1, 0.15) is 5.75 Å². The zero-order valence-corrected chi connectivity index (χ0v) is 9.24. The number of carboxylic acid groups (broad SMARTS) is 1. The predicted molar refractivity (Wildman–Crippen MR) is 62.6 cm³/mol. The molecule has 0 radical (unpaired) electrons. The number of pyridine rings is 1. The number of ether oxygens (including phenoxy) is 1. The van der Waals surface area contributed by atoms with Gasteiger partial charge in [0.25, 0.3) is 0 Å². The molecular formula is C13H9NO4. The average molecular weight is 243 g/mol. The Morgan fingerprint density at radius 2 is 1.78 bits per heavy atom. The van der Waals surface area contributed by atoms with Crippen LogP contribution in [0.2, 0.25) is 0 Å². The summed E-state index contributed by atoms with van der Waals surface area (Å²) in [5.74, 6) is -1.28. The number of nitrogens with zero attached hydrogens (tertiary/aromatic N) is 1. The molecule has 0 aliphatic carbocycles. The lowest BCUT2D eigenvalue weighted by Gasteiger charge is -2.03. The number of rotatable bonds is 3. The number of benzene rings is 1. The highest BCUT2D eigenvalue weighted by Gasteiger charge is 2.09. The lowest BCUT2D eigenvalue weighted by atomic mass is 10.2. The molecule has 0 atom stereocenters. The molecule has 0 spiro atoms. The molecule has 0 saturated heterocycles. The third-order valence-corrected chi connectivity index (χ3v) is 2.21. The molecular weight excluding hydrogens is 234 g/mol. The summed E-state index contributed by atoms with van der Waals surface area (Å²) in [6, 6.07) is 8.81. The van der Waals surface area contributed by atoms with Gasteiger partial charge < -0.3 is 9.84 Å². The minimum absolute atomic E-state index is 0.135. The van der Waals surface area contributed by atoms with Crippen molar-refractivity contribution in [2.24, 2.45) is 0 Å². The van der Waals surface area contributed by atoms with E-state index in [1.54, 1.807) is 18.3 Å². The van der Waals surface area contributed by atoms with Crippen molar-refractivity contribution in [3.8, 4) is 5.75 Å². The van der Waals surface area contributed by atoms with Crippen LogP contribution in [0.25, 0.3) is 0 Å². The summed E-state index contributed by atoms with van der Waals surface area (Å²) in [6.45, 7) is 0. The van der Waals surface area contributed by atoms with Crippen LogP contribution in [0.5, 0.6) is 5.75 Å². The van der Waals surface area contributed by atoms with Crippen LogP contribution in [0.3, 0.4) is 0 Å². The molecule has 1 aromatic carbocycles. The first-order chi connectivity index (χ1) is 8.66. The van der Waals surface area contributed by atoms with Crippen molar-refractivity contribution >= 4 is 11.9 Å². The first kappa shape index (κ1) is 11.8. The van der Waals surface area contributed by atoms with Gasteiger partial charge in [-0.3, -0.25) is 4.98 Å². The summed E-state index contributed by atoms with van der Waals surface area (Å²) < 4.78 is 5.06. The van der Waals surface area contributed by atoms with Crippen molar-refractivity contribution in [3.05, 3.63) is 59.9 Å². The van der Waals surface area contributed by atoms with Gasteiger partial charge in [0.2, 0.25) is 0 Å². The van der Waals surface area contributed by atoms with Crippen molar-refractivity contribution in [1.29, 1.82) is 0 Å². The largest absolute Gasteiger partial charge is 0.478 e. The first-order valence-corrected chi connectivity index (χ1v) is 5.12. The third kappa shape index (κ3) is 2.70. The quantitative estimate of drug-likeness (QED) is 0.659. The number of aromatic nitrogens is 1. The molecule has 1 N–H and O–H groups in total. The maximum Gasteiger partial charge on any atom is 0.345 e. The van der Waals surface area contributed by atoms with Gasteiger partial charge in [0, 0.05) is 12.4 Å². The standard InChI is InChI=1S/C13H9NO4/c15-12(16)9-3-5-11(6-4-9)18-13(17)10-2-1-7-14-8-10/h1-8H,(H,15,16). The van der Waals surface area contributed by atoms with Gasteiger partial charge in [-0.15, -0.1) is 0 Å². The van der Waals surface area contributed by atoms with Gasteiger partial charge in [-0.05, 0) is 36.4 Å². The molecule has 0 bridgehead atoms. The van der Waals surface area contributed by atoms with Gasteiger partial charge in [-0.1, -0.05) is 0 Å². The summed E-state index contributed by atoms with van der Waals surface area (Å²) in [5.41, 5.74) is 0.469. The smallest absolute Gasteiger partial charge is 0.345 e. The van der Waals surface area contributed by atoms with Gasteiger partial charge in [-0.2, -0.15) is 0 Å². The van der Waals surface area contributed by atoms with E-state index in [9.17, 15) is 9.59 Å². The van der Waals surface area contributed by atoms with E-state index in [0.717, 1.165) is 0 Å². The molecule has 0 aliphatic heterocycles. The van der Waals surface area contributed by atoms with Crippen LogP contribution in [0.4, 0.5) is 0 Å². The lowest BCUT2D eigenvalue weighted by Crippen LogP contribution is -2.08. The van der Waals surface area contributed by atoms with E-state index in [1.165, 1.54) is 30.5 Å². The molecule has 1 heterocycles. The minimum Gasteiger partial charge on any atom is -0.478 e. The second-order valence-corrected chi connectivity index (χ2v) is 3.46. The van der Waals surface area contributed by atoms with Crippen LogP contribution in [0.15, 0.2) is 48.8 Å². The van der Waals surface area contributed by atoms with Crippen LogP contribution in [-0.2, 0) is 0 Å². The molecule has 5 heteroatoms. The van der Waals surface area contributed by atoms with Crippen molar-refractivity contribution in [3.63, 3.8) is 0 Å². The predicted octanol–water partition coefficient (Wildman–Crippen LogP) is 2.00. The minimum atomic E-state index is -1.03. The highest BCUT2D eigenvalue weighted by atomic mass is 16.5. The Bertz CT molecular complexity index is 563. The monoisotopic (exact) mass is 243 g/mol. The van der Waals surface area contributed by atoms with Gasteiger partial charge in [-0.25, -0.2) is 9.59 Å². The highest BCUT2D eigenvalue weighted by molar-refractivity contribution is 5.91. The number of hydrogen-bond donors (Lipinski definition) is 1.